The molecule has 1 atom stereocenters. The van der Waals surface area contributed by atoms with Gasteiger partial charge in [-0.3, -0.25) is 19.3 Å². The van der Waals surface area contributed by atoms with Crippen molar-refractivity contribution in [1.82, 2.24) is 40.0 Å². The number of hydrogen-bond donors (Lipinski definition) is 2. The molecule has 1 unspecified atom stereocenters. The second-order valence-electron chi connectivity index (χ2n) is 19.3. The zero-order valence-electron chi connectivity index (χ0n) is 39.3. The Morgan fingerprint density at radius 3 is 2.41 bits per heavy atom. The molecule has 2 N–H and O–H groups in total. The molecule has 16 heteroatoms. The van der Waals surface area contributed by atoms with Gasteiger partial charge in [0.05, 0.1) is 49.5 Å². The number of rotatable bonds is 18. The van der Waals surface area contributed by atoms with Crippen molar-refractivity contribution in [3.63, 3.8) is 0 Å². The topological polar surface area (TPSA) is 147 Å². The smallest absolute Gasteiger partial charge is 0.400 e. The summed E-state index contributed by atoms with van der Waals surface area (Å²) in [5.74, 6) is 1.07. The maximum atomic E-state index is 15.0. The number of aromatic amines is 1. The van der Waals surface area contributed by atoms with E-state index in [1.165, 1.54) is 37.3 Å². The summed E-state index contributed by atoms with van der Waals surface area (Å²) in [5.41, 5.74) is 2.27. The lowest BCUT2D eigenvalue weighted by Crippen LogP contribution is -2.52. The van der Waals surface area contributed by atoms with E-state index in [-0.39, 0.29) is 29.5 Å². The molecule has 1 aliphatic carbocycles. The number of piperidine rings is 2. The molecule has 4 fully saturated rings. The van der Waals surface area contributed by atoms with Crippen molar-refractivity contribution in [3.8, 4) is 5.75 Å². The normalized spacial score (nSPS) is 20.1. The second-order valence-corrected chi connectivity index (χ2v) is 19.3. The summed E-state index contributed by atoms with van der Waals surface area (Å²) in [6, 6.07) is 20.6. The number of fused-ring (bicyclic) bond motifs is 1. The van der Waals surface area contributed by atoms with Crippen LogP contribution in [0.5, 0.6) is 5.75 Å². The van der Waals surface area contributed by atoms with E-state index < -0.39 is 11.7 Å². The van der Waals surface area contributed by atoms with Gasteiger partial charge in [0.25, 0.3) is 11.5 Å². The number of likely N-dealkylation sites (tertiary alicyclic amines) is 2. The number of carbonyl (C=O) groups is 3. The third-order valence-corrected chi connectivity index (χ3v) is 14.5. The van der Waals surface area contributed by atoms with Crippen LogP contribution in [0.1, 0.15) is 71.6 Å². The van der Waals surface area contributed by atoms with Gasteiger partial charge in [-0.05, 0) is 99.0 Å². The lowest BCUT2D eigenvalue weighted by molar-refractivity contribution is -0.451. The third-order valence-electron chi connectivity index (χ3n) is 14.5. The molecule has 5 heterocycles. The number of ether oxygens (including phenoxy) is 2. The SMILES string of the molecule is O=C(CNC1CC1)N1CCCC(c2cccc(OCCOCCN3CCC(CN4CCN(CC(=O)[N+]5=CCN(C(=O)c6cc(Cc7n[nH]c(=O)c8ccccc78)ccc6F)CC5)CC4)CC3)c2)C1. The number of carbonyl (C=O) groups excluding carboxylic acids is 3. The van der Waals surface area contributed by atoms with Crippen LogP contribution in [0.3, 0.4) is 0 Å². The first-order chi connectivity index (χ1) is 33.2. The highest BCUT2D eigenvalue weighted by molar-refractivity contribution is 5.96. The molecule has 68 heavy (non-hydrogen) atoms. The Hall–Kier alpha value is -5.39. The zero-order chi connectivity index (χ0) is 46.8. The van der Waals surface area contributed by atoms with E-state index in [9.17, 15) is 19.2 Å². The van der Waals surface area contributed by atoms with Crippen LogP contribution < -0.4 is 15.6 Å². The Bertz CT molecular complexity index is 2480. The Balaban J connectivity index is 0.628. The quantitative estimate of drug-likeness (QED) is 0.112. The van der Waals surface area contributed by atoms with Gasteiger partial charge in [-0.2, -0.15) is 9.67 Å². The van der Waals surface area contributed by atoms with E-state index in [4.69, 9.17) is 9.47 Å². The summed E-state index contributed by atoms with van der Waals surface area (Å²) in [6.07, 6.45) is 8.91. The van der Waals surface area contributed by atoms with Crippen LogP contribution in [0, 0.1) is 11.7 Å². The number of aromatic nitrogens is 2. The summed E-state index contributed by atoms with van der Waals surface area (Å²) in [6.45, 7) is 12.8. The Labute approximate surface area is 398 Å². The summed E-state index contributed by atoms with van der Waals surface area (Å²) in [7, 11) is 0. The summed E-state index contributed by atoms with van der Waals surface area (Å²) in [5, 5.41) is 11.4. The minimum Gasteiger partial charge on any atom is -0.491 e. The summed E-state index contributed by atoms with van der Waals surface area (Å²) in [4.78, 5) is 62.7. The molecule has 1 aromatic heterocycles. The fourth-order valence-corrected chi connectivity index (χ4v) is 10.2. The first kappa shape index (κ1) is 47.7. The maximum absolute atomic E-state index is 15.0. The Morgan fingerprint density at radius 1 is 0.809 bits per heavy atom. The van der Waals surface area contributed by atoms with Crippen molar-refractivity contribution in [2.75, 3.05) is 118 Å². The summed E-state index contributed by atoms with van der Waals surface area (Å²) >= 11 is 0. The highest BCUT2D eigenvalue weighted by Gasteiger charge is 2.32. The third kappa shape index (κ3) is 12.6. The predicted molar refractivity (Wildman–Crippen MR) is 258 cm³/mol. The molecule has 15 nitrogen and oxygen atoms in total. The van der Waals surface area contributed by atoms with Crippen LogP contribution in [0.4, 0.5) is 4.39 Å². The minimum atomic E-state index is -0.602. The summed E-state index contributed by atoms with van der Waals surface area (Å²) < 4.78 is 28.8. The van der Waals surface area contributed by atoms with Gasteiger partial charge in [-0.1, -0.05) is 36.4 Å². The van der Waals surface area contributed by atoms with E-state index in [1.807, 2.05) is 23.1 Å². The number of amides is 3. The molecular formula is C52H67FN9O6+. The Morgan fingerprint density at radius 2 is 1.62 bits per heavy atom. The van der Waals surface area contributed by atoms with Gasteiger partial charge in [-0.25, -0.2) is 14.3 Å². The molecule has 0 spiro atoms. The van der Waals surface area contributed by atoms with E-state index in [0.717, 1.165) is 84.0 Å². The van der Waals surface area contributed by atoms with Crippen molar-refractivity contribution in [3.05, 3.63) is 105 Å². The van der Waals surface area contributed by atoms with Crippen LogP contribution in [-0.4, -0.2) is 187 Å². The van der Waals surface area contributed by atoms with E-state index in [0.29, 0.717) is 92.3 Å². The first-order valence-corrected chi connectivity index (χ1v) is 24.9. The minimum absolute atomic E-state index is 0.0163. The van der Waals surface area contributed by atoms with Gasteiger partial charge in [0.1, 0.15) is 24.7 Å². The predicted octanol–water partition coefficient (Wildman–Crippen LogP) is 3.60. The number of H-pyrrole nitrogens is 1. The second kappa shape index (κ2) is 22.8. The monoisotopic (exact) mass is 933 g/mol. The van der Waals surface area contributed by atoms with Crippen LogP contribution in [-0.2, 0) is 20.7 Å². The zero-order valence-corrected chi connectivity index (χ0v) is 39.3. The van der Waals surface area contributed by atoms with Crippen molar-refractivity contribution in [2.24, 2.45) is 5.92 Å². The van der Waals surface area contributed by atoms with Crippen molar-refractivity contribution < 1.29 is 32.8 Å². The molecule has 9 rings (SSSR count). The first-order valence-electron chi connectivity index (χ1n) is 24.9. The highest BCUT2D eigenvalue weighted by atomic mass is 19.1. The largest absolute Gasteiger partial charge is 0.491 e. The van der Waals surface area contributed by atoms with Crippen LogP contribution in [0.2, 0.25) is 0 Å². The average molecular weight is 933 g/mol. The fourth-order valence-electron chi connectivity index (χ4n) is 10.2. The number of nitrogens with zero attached hydrogens (tertiary/aromatic N) is 7. The fraction of sp³-hybridized carbons (Fsp3) is 0.538. The molecule has 4 aromatic rings. The van der Waals surface area contributed by atoms with Crippen molar-refractivity contribution >= 4 is 34.7 Å². The van der Waals surface area contributed by atoms with Crippen molar-refractivity contribution in [1.29, 1.82) is 0 Å². The van der Waals surface area contributed by atoms with E-state index >= 15 is 4.39 Å². The number of nitrogens with one attached hydrogen (secondary N) is 2. The number of piperazine rings is 1. The maximum Gasteiger partial charge on any atom is 0.400 e. The van der Waals surface area contributed by atoms with Crippen LogP contribution in [0.25, 0.3) is 10.8 Å². The van der Waals surface area contributed by atoms with Gasteiger partial charge in [0.15, 0.2) is 12.8 Å². The standard InChI is InChI=1S/C52H66FN9O6/c53-47-13-10-39(32-48-44-8-1-2-9-45(44)51(65)56-55-48)31-46(47)52(66)61-25-23-60(24-26-61)50(64)37-59-21-19-58(20-22-59)35-38-14-17-57(18-15-38)27-28-67-29-30-68-43-7-3-5-40(33-43)41-6-4-16-62(36-41)49(63)34-54-42-11-12-42/h1-3,5,7-10,13,23,31,33,38,41-42,54H,4,6,11-12,14-22,24-30,32,34-37H2/p+1. The van der Waals surface area contributed by atoms with Gasteiger partial charge in [0, 0.05) is 76.1 Å². The Kier molecular flexibility index (Phi) is 16.0. The van der Waals surface area contributed by atoms with Crippen LogP contribution >= 0.6 is 0 Å². The molecule has 0 bridgehead atoms. The average Bonchev–Trinajstić information content (AvgIpc) is 4.22. The molecule has 5 aliphatic rings. The lowest BCUT2D eigenvalue weighted by Gasteiger charge is -2.38. The lowest BCUT2D eigenvalue weighted by atomic mass is 9.90. The van der Waals surface area contributed by atoms with Gasteiger partial charge >= 0.3 is 5.91 Å². The number of hydrogen-bond acceptors (Lipinski definition) is 11. The highest BCUT2D eigenvalue weighted by Crippen LogP contribution is 2.30. The van der Waals surface area contributed by atoms with E-state index in [1.54, 1.807) is 40.0 Å². The number of halogens is 1. The van der Waals surface area contributed by atoms with Gasteiger partial charge in [0.2, 0.25) is 5.91 Å². The molecule has 0 radical (unpaired) electrons. The van der Waals surface area contributed by atoms with Gasteiger partial charge in [-0.15, -0.1) is 0 Å². The molecule has 3 amide bonds. The van der Waals surface area contributed by atoms with E-state index in [2.05, 4.69) is 48.4 Å². The molecule has 3 saturated heterocycles. The molecule has 3 aromatic carbocycles. The van der Waals surface area contributed by atoms with Crippen LogP contribution in [0.15, 0.2) is 71.5 Å². The molecule has 362 valence electrons. The van der Waals surface area contributed by atoms with Crippen molar-refractivity contribution in [2.45, 2.75) is 56.9 Å². The number of benzene rings is 3. The molecule has 4 aliphatic heterocycles. The molecular weight excluding hydrogens is 866 g/mol. The molecule has 1 saturated carbocycles. The van der Waals surface area contributed by atoms with Gasteiger partial charge < -0.3 is 34.4 Å².